The Labute approximate surface area is 143 Å². The van der Waals surface area contributed by atoms with Crippen molar-refractivity contribution >= 4 is 35.0 Å². The van der Waals surface area contributed by atoms with Crippen LogP contribution in [-0.4, -0.2) is 59.6 Å². The van der Waals surface area contributed by atoms with Crippen molar-refractivity contribution in [2.45, 2.75) is 0 Å². The summed E-state index contributed by atoms with van der Waals surface area (Å²) in [6.07, 6.45) is 1.16. The molecule has 2 aliphatic rings. The van der Waals surface area contributed by atoms with Crippen LogP contribution in [0.1, 0.15) is 0 Å². The predicted molar refractivity (Wildman–Crippen MR) is 91.4 cm³/mol. The quantitative estimate of drug-likeness (QED) is 0.772. The molecule has 1 aromatic rings. The summed E-state index contributed by atoms with van der Waals surface area (Å²) in [4.78, 5) is 26.7. The Bertz CT molecular complexity index is 689. The minimum Gasteiger partial charge on any atom is -0.395 e. The minimum absolute atomic E-state index is 0.0559. The van der Waals surface area contributed by atoms with Gasteiger partial charge in [0.05, 0.1) is 18.8 Å². The first-order chi connectivity index (χ1) is 11.6. The van der Waals surface area contributed by atoms with Crippen LogP contribution in [0.4, 0.5) is 15.8 Å². The number of nitrogens with one attached hydrogen (secondary N) is 1. The average Bonchev–Trinajstić information content (AvgIpc) is 2.84. The van der Waals surface area contributed by atoms with Gasteiger partial charge in [-0.25, -0.2) is 4.39 Å². The number of halogens is 1. The van der Waals surface area contributed by atoms with E-state index < -0.39 is 11.8 Å². The predicted octanol–water partition coefficient (Wildman–Crippen LogP) is 1.04. The van der Waals surface area contributed by atoms with Crippen LogP contribution in [0.3, 0.4) is 0 Å². The second-order valence-corrected chi connectivity index (χ2v) is 6.69. The van der Waals surface area contributed by atoms with Crippen molar-refractivity contribution in [3.8, 4) is 0 Å². The van der Waals surface area contributed by atoms with Gasteiger partial charge in [0.15, 0.2) is 0 Å². The second-order valence-electron chi connectivity index (χ2n) is 5.47. The third kappa shape index (κ3) is 3.39. The lowest BCUT2D eigenvalue weighted by Gasteiger charge is -2.29. The molecule has 0 radical (unpaired) electrons. The maximum Gasteiger partial charge on any atom is 0.277 e. The molecule has 1 saturated heterocycles. The standard InChI is InChI=1S/C16H18FN3O3S/c17-12-9-11(1-2-14(12)19-4-7-24-8-5-19)18-13-10-15(22)20(3-6-21)16(13)23/h1-2,9-10,18,21H,3-8H2. The van der Waals surface area contributed by atoms with Crippen LogP contribution >= 0.6 is 11.8 Å². The smallest absolute Gasteiger partial charge is 0.277 e. The number of aliphatic hydroxyl groups is 1. The van der Waals surface area contributed by atoms with Crippen LogP contribution in [-0.2, 0) is 9.59 Å². The molecule has 0 saturated carbocycles. The first-order valence-electron chi connectivity index (χ1n) is 7.68. The molecule has 0 unspecified atom stereocenters. The third-order valence-corrected chi connectivity index (χ3v) is 4.85. The van der Waals surface area contributed by atoms with Crippen molar-refractivity contribution in [3.05, 3.63) is 35.8 Å². The van der Waals surface area contributed by atoms with Crippen LogP contribution in [0.25, 0.3) is 0 Å². The zero-order valence-electron chi connectivity index (χ0n) is 13.0. The fourth-order valence-corrected chi connectivity index (χ4v) is 3.61. The molecular formula is C16H18FN3O3S. The lowest BCUT2D eigenvalue weighted by Crippen LogP contribution is -2.34. The van der Waals surface area contributed by atoms with E-state index in [0.717, 1.165) is 35.6 Å². The Morgan fingerprint density at radius 3 is 2.67 bits per heavy atom. The molecule has 1 aromatic carbocycles. The molecule has 8 heteroatoms. The fourth-order valence-electron chi connectivity index (χ4n) is 2.71. The highest BCUT2D eigenvalue weighted by molar-refractivity contribution is 7.99. The summed E-state index contributed by atoms with van der Waals surface area (Å²) in [5.74, 6) is 0.579. The number of anilines is 2. The van der Waals surface area contributed by atoms with Crippen molar-refractivity contribution in [2.75, 3.05) is 48.0 Å². The lowest BCUT2D eigenvalue weighted by atomic mass is 10.2. The monoisotopic (exact) mass is 351 g/mol. The largest absolute Gasteiger partial charge is 0.395 e. The first-order valence-corrected chi connectivity index (χ1v) is 8.83. The summed E-state index contributed by atoms with van der Waals surface area (Å²) in [7, 11) is 0. The van der Waals surface area contributed by atoms with E-state index in [4.69, 9.17) is 5.11 Å². The van der Waals surface area contributed by atoms with Gasteiger partial charge in [0.25, 0.3) is 11.8 Å². The normalized spacial score (nSPS) is 18.2. The van der Waals surface area contributed by atoms with E-state index in [1.54, 1.807) is 12.1 Å². The summed E-state index contributed by atoms with van der Waals surface area (Å²) in [6.45, 7) is 1.26. The van der Waals surface area contributed by atoms with Crippen LogP contribution in [0.15, 0.2) is 30.0 Å². The summed E-state index contributed by atoms with van der Waals surface area (Å²) in [5.41, 5.74) is 1.03. The molecule has 6 nitrogen and oxygen atoms in total. The number of amides is 2. The number of benzene rings is 1. The third-order valence-electron chi connectivity index (χ3n) is 3.91. The van der Waals surface area contributed by atoms with E-state index in [2.05, 4.69) is 5.32 Å². The zero-order valence-corrected chi connectivity index (χ0v) is 13.8. The van der Waals surface area contributed by atoms with Crippen LogP contribution in [0.2, 0.25) is 0 Å². The highest BCUT2D eigenvalue weighted by Gasteiger charge is 2.30. The molecule has 2 aliphatic heterocycles. The number of carbonyl (C=O) groups is 2. The number of β-amino-alcohol motifs (C(OH)–C–C–N with tert-alkyl or cyclic N) is 1. The van der Waals surface area contributed by atoms with Crippen LogP contribution in [0.5, 0.6) is 0 Å². The highest BCUT2D eigenvalue weighted by atomic mass is 32.2. The molecule has 24 heavy (non-hydrogen) atoms. The van der Waals surface area contributed by atoms with Crippen molar-refractivity contribution in [2.24, 2.45) is 0 Å². The maximum atomic E-state index is 14.4. The summed E-state index contributed by atoms with van der Waals surface area (Å²) in [5, 5.41) is 11.7. The molecule has 2 N–H and O–H groups in total. The van der Waals surface area contributed by atoms with Gasteiger partial charge in [-0.2, -0.15) is 11.8 Å². The molecule has 0 bridgehead atoms. The molecule has 0 spiro atoms. The van der Waals surface area contributed by atoms with Crippen molar-refractivity contribution in [1.29, 1.82) is 0 Å². The molecule has 2 heterocycles. The van der Waals surface area contributed by atoms with E-state index in [1.807, 2.05) is 16.7 Å². The number of hydrogen-bond donors (Lipinski definition) is 2. The molecule has 1 fully saturated rings. The van der Waals surface area contributed by atoms with E-state index in [0.29, 0.717) is 11.4 Å². The molecule has 2 amide bonds. The number of nitrogens with zero attached hydrogens (tertiary/aromatic N) is 2. The number of hydrogen-bond acceptors (Lipinski definition) is 6. The van der Waals surface area contributed by atoms with Gasteiger partial charge in [0.1, 0.15) is 11.5 Å². The van der Waals surface area contributed by atoms with Gasteiger partial charge >= 0.3 is 0 Å². The lowest BCUT2D eigenvalue weighted by molar-refractivity contribution is -0.137. The topological polar surface area (TPSA) is 72.9 Å². The Morgan fingerprint density at radius 1 is 1.25 bits per heavy atom. The molecule has 0 aliphatic carbocycles. The van der Waals surface area contributed by atoms with E-state index >= 15 is 0 Å². The number of aliphatic hydroxyl groups excluding tert-OH is 1. The molecule has 0 atom stereocenters. The Hall–Kier alpha value is -2.06. The van der Waals surface area contributed by atoms with Gasteiger partial charge in [-0.05, 0) is 18.2 Å². The van der Waals surface area contributed by atoms with E-state index in [1.165, 1.54) is 6.07 Å². The number of thioether (sulfide) groups is 1. The summed E-state index contributed by atoms with van der Waals surface area (Å²) < 4.78 is 14.4. The van der Waals surface area contributed by atoms with Crippen molar-refractivity contribution in [3.63, 3.8) is 0 Å². The number of imide groups is 1. The first kappa shape index (κ1) is 16.8. The Balaban J connectivity index is 1.72. The molecular weight excluding hydrogens is 333 g/mol. The summed E-state index contributed by atoms with van der Waals surface area (Å²) >= 11 is 1.85. The van der Waals surface area contributed by atoms with Gasteiger partial charge < -0.3 is 15.3 Å². The fraction of sp³-hybridized carbons (Fsp3) is 0.375. The second kappa shape index (κ2) is 7.23. The van der Waals surface area contributed by atoms with Gasteiger partial charge in [-0.3, -0.25) is 14.5 Å². The van der Waals surface area contributed by atoms with E-state index in [-0.39, 0.29) is 24.7 Å². The van der Waals surface area contributed by atoms with Crippen LogP contribution in [0, 0.1) is 5.82 Å². The van der Waals surface area contributed by atoms with Gasteiger partial charge in [0, 0.05) is 36.4 Å². The SMILES string of the molecule is O=C1C=C(Nc2ccc(N3CCSCC3)c(F)c2)C(=O)N1CCO. The Kier molecular flexibility index (Phi) is 5.06. The number of rotatable bonds is 5. The van der Waals surface area contributed by atoms with Gasteiger partial charge in [-0.1, -0.05) is 0 Å². The Morgan fingerprint density at radius 2 is 2.00 bits per heavy atom. The van der Waals surface area contributed by atoms with Crippen LogP contribution < -0.4 is 10.2 Å². The maximum absolute atomic E-state index is 14.4. The van der Waals surface area contributed by atoms with E-state index in [9.17, 15) is 14.0 Å². The van der Waals surface area contributed by atoms with Gasteiger partial charge in [-0.15, -0.1) is 0 Å². The van der Waals surface area contributed by atoms with Crippen molar-refractivity contribution < 1.29 is 19.1 Å². The highest BCUT2D eigenvalue weighted by Crippen LogP contribution is 2.26. The molecule has 0 aromatic heterocycles. The van der Waals surface area contributed by atoms with Crippen molar-refractivity contribution in [1.82, 2.24) is 4.90 Å². The zero-order chi connectivity index (χ0) is 17.1. The molecule has 3 rings (SSSR count). The minimum atomic E-state index is -0.522. The van der Waals surface area contributed by atoms with Gasteiger partial charge in [0.2, 0.25) is 0 Å². The summed E-state index contributed by atoms with van der Waals surface area (Å²) in [6, 6.07) is 4.69. The molecule has 128 valence electrons. The average molecular weight is 351 g/mol. The number of carbonyl (C=O) groups excluding carboxylic acids is 2.